The number of ether oxygens (including phenoxy) is 1. The second kappa shape index (κ2) is 36.9. The molecule has 322 valence electrons. The van der Waals surface area contributed by atoms with Crippen LogP contribution in [0.15, 0.2) is 72.9 Å². The predicted octanol–water partition coefficient (Wildman–Crippen LogP) is 11.0. The zero-order valence-corrected chi connectivity index (χ0v) is 36.9. The maximum atomic E-state index is 13.1. The molecule has 0 saturated heterocycles. The molecule has 3 atom stereocenters. The highest BCUT2D eigenvalue weighted by atomic mass is 31.2. The number of allylic oxidation sites excluding steroid dienone is 11. The van der Waals surface area contributed by atoms with Crippen LogP contribution in [0.5, 0.6) is 0 Å². The van der Waals surface area contributed by atoms with Crippen LogP contribution in [-0.4, -0.2) is 74.5 Å². The van der Waals surface area contributed by atoms with Gasteiger partial charge in [0.25, 0.3) is 7.82 Å². The van der Waals surface area contributed by atoms with E-state index >= 15 is 0 Å². The molecule has 0 aromatic carbocycles. The smallest absolute Gasteiger partial charge is 0.331 e. The van der Waals surface area contributed by atoms with Crippen LogP contribution in [0, 0.1) is 0 Å². The minimum Gasteiger partial charge on any atom is -0.756 e. The van der Waals surface area contributed by atoms with Gasteiger partial charge in [-0.15, -0.1) is 0 Å². The molecule has 0 radical (unpaired) electrons. The van der Waals surface area contributed by atoms with E-state index in [0.717, 1.165) is 31.8 Å². The molecule has 0 bridgehead atoms. The Morgan fingerprint density at radius 2 is 1.07 bits per heavy atom. The molecule has 2 unspecified atom stereocenters. The fourth-order valence-electron chi connectivity index (χ4n) is 5.90. The van der Waals surface area contributed by atoms with E-state index in [9.17, 15) is 24.2 Å². The van der Waals surface area contributed by atoms with E-state index in [1.807, 2.05) is 57.6 Å². The molecule has 0 aliphatic heterocycles. The third-order valence-electron chi connectivity index (χ3n) is 9.10. The average molecular weight is 806 g/mol. The van der Waals surface area contributed by atoms with Gasteiger partial charge in [0, 0.05) is 12.5 Å². The van der Waals surface area contributed by atoms with Crippen molar-refractivity contribution in [1.82, 2.24) is 0 Å². The van der Waals surface area contributed by atoms with Gasteiger partial charge in [0.1, 0.15) is 12.6 Å². The van der Waals surface area contributed by atoms with E-state index in [1.165, 1.54) is 109 Å². The molecule has 0 heterocycles. The number of likely N-dealkylation sites (N-methyl/N-ethyl adjacent to an activating group) is 1. The fourth-order valence-corrected chi connectivity index (χ4v) is 6.80. The molecule has 0 rings (SSSR count). The lowest BCUT2D eigenvalue weighted by molar-refractivity contribution is -0.872. The van der Waals surface area contributed by atoms with Crippen molar-refractivity contribution in [1.29, 1.82) is 0 Å². The van der Waals surface area contributed by atoms with Gasteiger partial charge in [0.05, 0.1) is 34.4 Å². The number of phosphoric acid groups is 1. The number of rotatable bonds is 38. The molecular weight excluding hydrogens is 725 g/mol. The van der Waals surface area contributed by atoms with Crippen LogP contribution in [0.1, 0.15) is 155 Å². The van der Waals surface area contributed by atoms with Crippen molar-refractivity contribution in [2.24, 2.45) is 0 Å². The molecule has 0 amide bonds. The molecular formula is C46H80NO8P. The first kappa shape index (κ1) is 53.6. The Morgan fingerprint density at radius 3 is 1.54 bits per heavy atom. The highest BCUT2D eigenvalue weighted by Crippen LogP contribution is 2.41. The number of nitrogens with zero attached hydrogens (tertiary/aromatic N) is 1. The molecule has 9 nitrogen and oxygen atoms in total. The number of carbonyl (C=O) groups excluding carboxylic acids is 2. The summed E-state index contributed by atoms with van der Waals surface area (Å²) in [5.41, 5.74) is 0. The quantitative estimate of drug-likeness (QED) is 0.0163. The van der Waals surface area contributed by atoms with E-state index in [1.54, 1.807) is 12.2 Å². The molecule has 0 saturated carbocycles. The number of phosphoric ester groups is 1. The minimum absolute atomic E-state index is 0.142. The zero-order chi connectivity index (χ0) is 41.6. The number of carbonyl (C=O) groups is 2. The number of esters is 1. The van der Waals surface area contributed by atoms with Crippen LogP contribution in [0.3, 0.4) is 0 Å². The Kier molecular flexibility index (Phi) is 35.3. The summed E-state index contributed by atoms with van der Waals surface area (Å²) in [4.78, 5) is 38.0. The van der Waals surface area contributed by atoms with Crippen LogP contribution in [0.25, 0.3) is 0 Å². The number of hydrogen-bond donors (Lipinski definition) is 1. The minimum atomic E-state index is -4.96. The molecule has 0 fully saturated rings. The lowest BCUT2D eigenvalue weighted by Crippen LogP contribution is -2.45. The van der Waals surface area contributed by atoms with Crippen LogP contribution in [0.2, 0.25) is 0 Å². The van der Waals surface area contributed by atoms with Crippen molar-refractivity contribution in [3.05, 3.63) is 72.9 Å². The van der Waals surface area contributed by atoms with Crippen molar-refractivity contribution in [2.75, 3.05) is 40.9 Å². The summed E-state index contributed by atoms with van der Waals surface area (Å²) in [5, 5.41) is 9.67. The number of aliphatic hydroxyl groups is 1. The number of Topliss-reactive ketones (excluding diaryl/α,β-unsaturated/α-hetero) is 1. The topological polar surface area (TPSA) is 122 Å². The van der Waals surface area contributed by atoms with Gasteiger partial charge < -0.3 is 28.3 Å². The maximum Gasteiger partial charge on any atom is 0.331 e. The molecule has 56 heavy (non-hydrogen) atoms. The summed E-state index contributed by atoms with van der Waals surface area (Å²) >= 11 is 0. The summed E-state index contributed by atoms with van der Waals surface area (Å²) in [6, 6.07) is 0. The standard InChI is InChI=1S/C46H80NO8P/c1-6-8-10-12-14-16-18-20-21-22-23-24-25-27-29-31-33-35-37-39-46(50)54-43(41-48)42-53-56(51,52)55-45(40-47(3,4)5)44(49)38-36-34-32-30-28-26-19-17-15-13-11-9-7-2/h21-25,27,29,31,33,35,37,39,43,45,48H,6-20,26,28,30,32,34,36,38,40-42H2,1-5H3/t43-,45?/m1/s1. The van der Waals surface area contributed by atoms with Gasteiger partial charge in [-0.05, 0) is 19.3 Å². The average Bonchev–Trinajstić information content (AvgIpc) is 3.15. The molecule has 0 aromatic heterocycles. The van der Waals surface area contributed by atoms with Crippen molar-refractivity contribution in [3.63, 3.8) is 0 Å². The van der Waals surface area contributed by atoms with Gasteiger partial charge in [0.15, 0.2) is 11.9 Å². The van der Waals surface area contributed by atoms with E-state index < -0.39 is 39.2 Å². The fraction of sp³-hybridized carbons (Fsp3) is 0.696. The molecule has 0 spiro atoms. The third kappa shape index (κ3) is 37.2. The molecule has 0 aliphatic rings. The Morgan fingerprint density at radius 1 is 0.643 bits per heavy atom. The van der Waals surface area contributed by atoms with Crippen molar-refractivity contribution >= 4 is 19.6 Å². The monoisotopic (exact) mass is 806 g/mol. The van der Waals surface area contributed by atoms with Crippen molar-refractivity contribution in [2.45, 2.75) is 167 Å². The Balaban J connectivity index is 4.50. The first-order valence-electron chi connectivity index (χ1n) is 21.7. The first-order chi connectivity index (χ1) is 26.9. The van der Waals surface area contributed by atoms with Crippen molar-refractivity contribution < 1.29 is 42.4 Å². The summed E-state index contributed by atoms with van der Waals surface area (Å²) < 4.78 is 28.4. The van der Waals surface area contributed by atoms with Crippen LogP contribution >= 0.6 is 7.82 Å². The highest BCUT2D eigenvalue weighted by molar-refractivity contribution is 7.45. The maximum absolute atomic E-state index is 13.1. The van der Waals surface area contributed by atoms with E-state index in [-0.39, 0.29) is 18.7 Å². The van der Waals surface area contributed by atoms with Crippen LogP contribution in [0.4, 0.5) is 0 Å². The number of ketones is 1. The zero-order valence-electron chi connectivity index (χ0n) is 36.0. The lowest BCUT2D eigenvalue weighted by atomic mass is 10.0. The second-order valence-electron chi connectivity index (χ2n) is 15.7. The number of hydrogen-bond acceptors (Lipinski definition) is 8. The number of unbranched alkanes of at least 4 members (excludes halogenated alkanes) is 19. The molecule has 0 aliphatic carbocycles. The van der Waals surface area contributed by atoms with Gasteiger partial charge in [-0.25, -0.2) is 4.79 Å². The second-order valence-corrected chi connectivity index (χ2v) is 17.1. The largest absolute Gasteiger partial charge is 0.756 e. The van der Waals surface area contributed by atoms with E-state index in [4.69, 9.17) is 13.8 Å². The highest BCUT2D eigenvalue weighted by Gasteiger charge is 2.30. The summed E-state index contributed by atoms with van der Waals surface area (Å²) in [5.74, 6) is -1.06. The van der Waals surface area contributed by atoms with Crippen molar-refractivity contribution in [3.8, 4) is 0 Å². The van der Waals surface area contributed by atoms with Crippen LogP contribution in [-0.2, 0) is 27.9 Å². The van der Waals surface area contributed by atoms with Gasteiger partial charge in [-0.2, -0.15) is 0 Å². The Hall–Kier alpha value is -2.39. The van der Waals surface area contributed by atoms with Gasteiger partial charge in [0.2, 0.25) is 0 Å². The van der Waals surface area contributed by atoms with Gasteiger partial charge >= 0.3 is 5.97 Å². The van der Waals surface area contributed by atoms with Crippen LogP contribution < -0.4 is 4.89 Å². The number of quaternary nitrogens is 1. The Labute approximate surface area is 342 Å². The van der Waals surface area contributed by atoms with E-state index in [2.05, 4.69) is 26.0 Å². The van der Waals surface area contributed by atoms with E-state index in [0.29, 0.717) is 10.9 Å². The Bertz CT molecular complexity index is 1200. The number of aliphatic hydroxyl groups excluding tert-OH is 1. The third-order valence-corrected chi connectivity index (χ3v) is 10.1. The lowest BCUT2D eigenvalue weighted by Gasteiger charge is -2.32. The predicted molar refractivity (Wildman–Crippen MR) is 231 cm³/mol. The summed E-state index contributed by atoms with van der Waals surface area (Å²) in [6.45, 7) is 3.32. The summed E-state index contributed by atoms with van der Waals surface area (Å²) in [7, 11) is 0.578. The summed E-state index contributed by atoms with van der Waals surface area (Å²) in [6.07, 6.45) is 45.3. The van der Waals surface area contributed by atoms with Gasteiger partial charge in [-0.1, -0.05) is 196 Å². The molecule has 0 aromatic rings. The normalized spacial score (nSPS) is 15.0. The van der Waals surface area contributed by atoms with Gasteiger partial charge in [-0.3, -0.25) is 9.36 Å². The molecule has 1 N–H and O–H groups in total. The molecule has 10 heteroatoms. The first-order valence-corrected chi connectivity index (χ1v) is 23.2. The SMILES string of the molecule is CCCCCCCCCC=CC=CC=CC=CC=CC=CC(=O)O[C@H](CO)COP(=O)([O-])OC(C[N+](C)(C)C)C(=O)CCCCCCCCCCCCCCC.